The molecule has 0 unspecified atom stereocenters. The van der Waals surface area contributed by atoms with Crippen LogP contribution in [0.5, 0.6) is 5.75 Å². The fourth-order valence-corrected chi connectivity index (χ4v) is 2.14. The van der Waals surface area contributed by atoms with Crippen molar-refractivity contribution < 1.29 is 9.66 Å². The number of ether oxygens (including phenoxy) is 1. The van der Waals surface area contributed by atoms with Crippen LogP contribution in [0.15, 0.2) is 52.4 Å². The van der Waals surface area contributed by atoms with E-state index in [1.165, 1.54) is 18.5 Å². The summed E-state index contributed by atoms with van der Waals surface area (Å²) in [4.78, 5) is 22.4. The number of aromatic nitrogens is 1. The molecule has 1 aromatic heterocycles. The molecule has 1 aromatic carbocycles. The van der Waals surface area contributed by atoms with Gasteiger partial charge in [-0.25, -0.2) is 0 Å². The Balaban J connectivity index is 1.95. The van der Waals surface area contributed by atoms with Gasteiger partial charge in [-0.15, -0.1) is 11.8 Å². The lowest BCUT2D eigenvalue weighted by atomic mass is 10.3. The van der Waals surface area contributed by atoms with E-state index >= 15 is 0 Å². The summed E-state index contributed by atoms with van der Waals surface area (Å²) < 4.78 is 7.13. The first-order chi connectivity index (χ1) is 10.1. The zero-order valence-electron chi connectivity index (χ0n) is 11.4. The summed E-state index contributed by atoms with van der Waals surface area (Å²) in [5, 5.41) is 10.7. The van der Waals surface area contributed by atoms with Crippen LogP contribution in [-0.2, 0) is 6.54 Å². The summed E-state index contributed by atoms with van der Waals surface area (Å²) in [7, 11) is 0. The van der Waals surface area contributed by atoms with Crippen molar-refractivity contribution in [3.05, 3.63) is 63.1 Å². The number of benzene rings is 1. The summed E-state index contributed by atoms with van der Waals surface area (Å²) in [5.74, 6) is 0.739. The van der Waals surface area contributed by atoms with Crippen molar-refractivity contribution in [1.82, 2.24) is 4.57 Å². The first kappa shape index (κ1) is 15.1. The van der Waals surface area contributed by atoms with Gasteiger partial charge >= 0.3 is 5.69 Å². The molecule has 7 heteroatoms. The van der Waals surface area contributed by atoms with E-state index in [0.29, 0.717) is 13.2 Å². The SMILES string of the molecule is CSc1ccc(OCCn2ccc(=O)c([N+](=O)[O-])c2)cc1. The van der Waals surface area contributed by atoms with Crippen LogP contribution in [0.1, 0.15) is 0 Å². The molecule has 0 aliphatic heterocycles. The van der Waals surface area contributed by atoms with Crippen molar-refractivity contribution in [3.63, 3.8) is 0 Å². The molecule has 0 spiro atoms. The van der Waals surface area contributed by atoms with Crippen molar-refractivity contribution >= 4 is 17.4 Å². The van der Waals surface area contributed by atoms with Gasteiger partial charge in [-0.1, -0.05) is 0 Å². The molecule has 0 radical (unpaired) electrons. The van der Waals surface area contributed by atoms with Gasteiger partial charge in [0.1, 0.15) is 12.4 Å². The quantitative estimate of drug-likeness (QED) is 0.466. The highest BCUT2D eigenvalue weighted by Gasteiger charge is 2.11. The highest BCUT2D eigenvalue weighted by Crippen LogP contribution is 2.18. The van der Waals surface area contributed by atoms with Crippen molar-refractivity contribution in [2.75, 3.05) is 12.9 Å². The Bertz CT molecular complexity index is 682. The van der Waals surface area contributed by atoms with Crippen molar-refractivity contribution in [2.24, 2.45) is 0 Å². The Morgan fingerprint density at radius 2 is 2.00 bits per heavy atom. The molecule has 2 aromatic rings. The third kappa shape index (κ3) is 4.09. The van der Waals surface area contributed by atoms with Crippen molar-refractivity contribution in [1.29, 1.82) is 0 Å². The van der Waals surface area contributed by atoms with E-state index in [0.717, 1.165) is 10.6 Å². The van der Waals surface area contributed by atoms with Gasteiger partial charge in [-0.3, -0.25) is 14.9 Å². The molecule has 2 rings (SSSR count). The van der Waals surface area contributed by atoms with Crippen LogP contribution in [-0.4, -0.2) is 22.4 Å². The highest BCUT2D eigenvalue weighted by atomic mass is 32.2. The molecule has 0 N–H and O–H groups in total. The molecular weight excluding hydrogens is 292 g/mol. The monoisotopic (exact) mass is 306 g/mol. The number of rotatable bonds is 6. The smallest absolute Gasteiger partial charge is 0.332 e. The molecule has 0 bridgehead atoms. The lowest BCUT2D eigenvalue weighted by Gasteiger charge is -2.08. The zero-order valence-corrected chi connectivity index (χ0v) is 12.2. The third-order valence-electron chi connectivity index (χ3n) is 2.83. The van der Waals surface area contributed by atoms with Gasteiger partial charge in [0.2, 0.25) is 0 Å². The van der Waals surface area contributed by atoms with E-state index in [2.05, 4.69) is 0 Å². The Morgan fingerprint density at radius 1 is 1.29 bits per heavy atom. The number of pyridine rings is 1. The van der Waals surface area contributed by atoms with Gasteiger partial charge < -0.3 is 9.30 Å². The summed E-state index contributed by atoms with van der Waals surface area (Å²) in [6.45, 7) is 0.782. The predicted octanol–water partition coefficient (Wildman–Crippen LogP) is 2.56. The maximum Gasteiger partial charge on any atom is 0.332 e. The third-order valence-corrected chi connectivity index (χ3v) is 3.58. The normalized spacial score (nSPS) is 10.3. The maximum atomic E-state index is 11.3. The van der Waals surface area contributed by atoms with E-state index in [9.17, 15) is 14.9 Å². The molecule has 1 heterocycles. The van der Waals surface area contributed by atoms with E-state index in [-0.39, 0.29) is 0 Å². The second-order valence-electron chi connectivity index (χ2n) is 4.21. The molecule has 21 heavy (non-hydrogen) atoms. The molecule has 0 saturated heterocycles. The van der Waals surface area contributed by atoms with E-state index in [1.807, 2.05) is 30.5 Å². The van der Waals surface area contributed by atoms with Gasteiger partial charge in [0.25, 0.3) is 5.43 Å². The fraction of sp³-hybridized carbons (Fsp3) is 0.214. The average molecular weight is 306 g/mol. The first-order valence-corrected chi connectivity index (χ1v) is 7.44. The van der Waals surface area contributed by atoms with Gasteiger partial charge in [-0.2, -0.15) is 0 Å². The van der Waals surface area contributed by atoms with E-state index < -0.39 is 16.0 Å². The minimum atomic E-state index is -0.680. The number of thioether (sulfide) groups is 1. The molecule has 0 aliphatic rings. The Morgan fingerprint density at radius 3 is 2.62 bits per heavy atom. The number of hydrogen-bond donors (Lipinski definition) is 0. The highest BCUT2D eigenvalue weighted by molar-refractivity contribution is 7.98. The molecule has 0 aliphatic carbocycles. The molecule has 0 fully saturated rings. The number of hydrogen-bond acceptors (Lipinski definition) is 5. The Kier molecular flexibility index (Phi) is 4.99. The summed E-state index contributed by atoms with van der Waals surface area (Å²) in [5.41, 5.74) is -1.02. The summed E-state index contributed by atoms with van der Waals surface area (Å²) >= 11 is 1.65. The zero-order chi connectivity index (χ0) is 15.2. The van der Waals surface area contributed by atoms with Gasteiger partial charge in [0.05, 0.1) is 17.7 Å². The second-order valence-corrected chi connectivity index (χ2v) is 5.09. The first-order valence-electron chi connectivity index (χ1n) is 6.21. The van der Waals surface area contributed by atoms with Crippen LogP contribution in [0.4, 0.5) is 5.69 Å². The summed E-state index contributed by atoms with van der Waals surface area (Å²) in [6.07, 6.45) is 4.73. The van der Waals surface area contributed by atoms with Crippen LogP contribution < -0.4 is 10.2 Å². The lowest BCUT2D eigenvalue weighted by molar-refractivity contribution is -0.386. The van der Waals surface area contributed by atoms with Crippen LogP contribution in [0, 0.1) is 10.1 Å². The van der Waals surface area contributed by atoms with Crippen LogP contribution in [0.25, 0.3) is 0 Å². The molecule has 6 nitrogen and oxygen atoms in total. The van der Waals surface area contributed by atoms with E-state index in [4.69, 9.17) is 4.74 Å². The van der Waals surface area contributed by atoms with Crippen molar-refractivity contribution in [2.45, 2.75) is 11.4 Å². The van der Waals surface area contributed by atoms with Crippen molar-refractivity contribution in [3.8, 4) is 5.75 Å². The topological polar surface area (TPSA) is 74.4 Å². The van der Waals surface area contributed by atoms with Gasteiger partial charge in [-0.05, 0) is 30.5 Å². The molecule has 0 atom stereocenters. The number of nitro groups is 1. The minimum Gasteiger partial charge on any atom is -0.492 e. The fourth-order valence-electron chi connectivity index (χ4n) is 1.73. The average Bonchev–Trinajstić information content (AvgIpc) is 2.49. The largest absolute Gasteiger partial charge is 0.492 e. The lowest BCUT2D eigenvalue weighted by Crippen LogP contribution is -2.14. The number of nitrogens with zero attached hydrogens (tertiary/aromatic N) is 2. The molecular formula is C14H14N2O4S. The van der Waals surface area contributed by atoms with Crippen LogP contribution in [0.2, 0.25) is 0 Å². The molecule has 0 saturated carbocycles. The second kappa shape index (κ2) is 6.94. The van der Waals surface area contributed by atoms with Crippen LogP contribution in [0.3, 0.4) is 0 Å². The summed E-state index contributed by atoms with van der Waals surface area (Å²) in [6, 6.07) is 8.86. The van der Waals surface area contributed by atoms with Gasteiger partial charge in [0, 0.05) is 17.2 Å². The maximum absolute atomic E-state index is 11.3. The minimum absolute atomic E-state index is 0.360. The molecule has 110 valence electrons. The standard InChI is InChI=1S/C14H14N2O4S/c1-21-12-4-2-11(3-5-12)20-9-8-15-7-6-14(17)13(10-15)16(18)19/h2-7,10H,8-9H2,1H3. The molecule has 0 amide bonds. The van der Waals surface area contributed by atoms with Gasteiger partial charge in [0.15, 0.2) is 0 Å². The van der Waals surface area contributed by atoms with Crippen LogP contribution >= 0.6 is 11.8 Å². The Hall–Kier alpha value is -2.28. The van der Waals surface area contributed by atoms with E-state index in [1.54, 1.807) is 16.3 Å². The predicted molar refractivity (Wildman–Crippen MR) is 81.1 cm³/mol. The Labute approximate surface area is 125 Å².